The molecule has 0 N–H and O–H groups in total. The van der Waals surface area contributed by atoms with E-state index in [0.29, 0.717) is 37.4 Å². The number of halogens is 3. The molecule has 0 radical (unpaired) electrons. The Labute approximate surface area is 168 Å². The average Bonchev–Trinajstić information content (AvgIpc) is 2.67. The van der Waals surface area contributed by atoms with Gasteiger partial charge in [-0.1, -0.05) is 12.1 Å². The van der Waals surface area contributed by atoms with Gasteiger partial charge in [-0.3, -0.25) is 4.79 Å². The molecule has 0 fully saturated rings. The van der Waals surface area contributed by atoms with Crippen LogP contribution in [0.3, 0.4) is 0 Å². The molecule has 1 aliphatic heterocycles. The van der Waals surface area contributed by atoms with Crippen molar-refractivity contribution in [2.24, 2.45) is 0 Å². The number of benzene rings is 2. The molecule has 0 aromatic heterocycles. The van der Waals surface area contributed by atoms with E-state index in [0.717, 1.165) is 36.2 Å². The zero-order chi connectivity index (χ0) is 21.0. The highest BCUT2D eigenvalue weighted by Gasteiger charge is 2.30. The summed E-state index contributed by atoms with van der Waals surface area (Å²) < 4.78 is 44.0. The standard InChI is InChI=1S/C22H25F3N2O2/c1-26(2)13-4-7-21(28)27-14-12-19-16(15-27)5-3-6-20(19)29-18-10-8-17(9-11-18)22(23,24)25/h3,5-6,8-11H,4,7,12-15H2,1-2H3. The largest absolute Gasteiger partial charge is 0.457 e. The van der Waals surface area contributed by atoms with Crippen molar-refractivity contribution in [3.05, 3.63) is 59.2 Å². The number of ether oxygens (including phenoxy) is 1. The molecular formula is C22H25F3N2O2. The fourth-order valence-electron chi connectivity index (χ4n) is 3.43. The number of fused-ring (bicyclic) bond motifs is 1. The minimum atomic E-state index is -4.37. The molecule has 1 aliphatic rings. The van der Waals surface area contributed by atoms with Gasteiger partial charge in [0.15, 0.2) is 0 Å². The topological polar surface area (TPSA) is 32.8 Å². The van der Waals surface area contributed by atoms with E-state index in [-0.39, 0.29) is 5.91 Å². The van der Waals surface area contributed by atoms with Crippen molar-refractivity contribution in [2.45, 2.75) is 32.0 Å². The van der Waals surface area contributed by atoms with Gasteiger partial charge in [0.25, 0.3) is 0 Å². The second-order valence-electron chi connectivity index (χ2n) is 7.49. The first kappa shape index (κ1) is 21.2. The number of carbonyl (C=O) groups excluding carboxylic acids is 1. The highest BCUT2D eigenvalue weighted by Crippen LogP contribution is 2.34. The molecule has 0 unspecified atom stereocenters. The van der Waals surface area contributed by atoms with E-state index in [1.807, 2.05) is 37.2 Å². The lowest BCUT2D eigenvalue weighted by molar-refractivity contribution is -0.137. The van der Waals surface area contributed by atoms with Crippen molar-refractivity contribution in [1.29, 1.82) is 0 Å². The van der Waals surface area contributed by atoms with Crippen LogP contribution in [0.2, 0.25) is 0 Å². The SMILES string of the molecule is CN(C)CCCC(=O)N1CCc2c(cccc2Oc2ccc(C(F)(F)F)cc2)C1. The molecule has 0 atom stereocenters. The Balaban J connectivity index is 1.67. The lowest BCUT2D eigenvalue weighted by Crippen LogP contribution is -2.36. The summed E-state index contributed by atoms with van der Waals surface area (Å²) in [7, 11) is 3.97. The normalized spacial score (nSPS) is 14.1. The fraction of sp³-hybridized carbons (Fsp3) is 0.409. The molecule has 2 aromatic carbocycles. The third kappa shape index (κ3) is 5.50. The molecular weight excluding hydrogens is 381 g/mol. The number of hydrogen-bond acceptors (Lipinski definition) is 3. The first-order valence-electron chi connectivity index (χ1n) is 9.62. The van der Waals surface area contributed by atoms with Gasteiger partial charge in [0, 0.05) is 25.1 Å². The highest BCUT2D eigenvalue weighted by atomic mass is 19.4. The molecule has 156 valence electrons. The van der Waals surface area contributed by atoms with Gasteiger partial charge in [0.05, 0.1) is 5.56 Å². The van der Waals surface area contributed by atoms with Crippen molar-refractivity contribution in [1.82, 2.24) is 9.80 Å². The number of carbonyl (C=O) groups is 1. The molecule has 29 heavy (non-hydrogen) atoms. The number of rotatable bonds is 6. The Hall–Kier alpha value is -2.54. The van der Waals surface area contributed by atoms with Crippen LogP contribution in [0, 0.1) is 0 Å². The summed E-state index contributed by atoms with van der Waals surface area (Å²) in [5, 5.41) is 0. The van der Waals surface area contributed by atoms with Crippen LogP contribution in [0.15, 0.2) is 42.5 Å². The molecule has 7 heteroatoms. The van der Waals surface area contributed by atoms with Crippen molar-refractivity contribution in [2.75, 3.05) is 27.2 Å². The smallest absolute Gasteiger partial charge is 0.416 e. The molecule has 0 aliphatic carbocycles. The van der Waals surface area contributed by atoms with Crippen LogP contribution >= 0.6 is 0 Å². The van der Waals surface area contributed by atoms with Gasteiger partial charge >= 0.3 is 6.18 Å². The van der Waals surface area contributed by atoms with E-state index in [1.54, 1.807) is 0 Å². The zero-order valence-corrected chi connectivity index (χ0v) is 16.6. The van der Waals surface area contributed by atoms with E-state index in [2.05, 4.69) is 4.90 Å². The molecule has 3 rings (SSSR count). The minimum Gasteiger partial charge on any atom is -0.457 e. The zero-order valence-electron chi connectivity index (χ0n) is 16.6. The van der Waals surface area contributed by atoms with Crippen LogP contribution < -0.4 is 4.74 Å². The monoisotopic (exact) mass is 406 g/mol. The van der Waals surface area contributed by atoms with Crippen molar-refractivity contribution in [3.8, 4) is 11.5 Å². The van der Waals surface area contributed by atoms with Crippen molar-refractivity contribution in [3.63, 3.8) is 0 Å². The Morgan fingerprint density at radius 3 is 2.52 bits per heavy atom. The number of amides is 1. The second-order valence-corrected chi connectivity index (χ2v) is 7.49. The van der Waals surface area contributed by atoms with Crippen LogP contribution in [0.25, 0.3) is 0 Å². The summed E-state index contributed by atoms with van der Waals surface area (Å²) in [6.07, 6.45) is -2.36. The van der Waals surface area contributed by atoms with Crippen molar-refractivity contribution < 1.29 is 22.7 Å². The van der Waals surface area contributed by atoms with E-state index < -0.39 is 11.7 Å². The predicted octanol–water partition coefficient (Wildman–Crippen LogP) is 4.72. The van der Waals surface area contributed by atoms with E-state index in [4.69, 9.17) is 4.74 Å². The van der Waals surface area contributed by atoms with Gasteiger partial charge in [0.2, 0.25) is 5.91 Å². The third-order valence-corrected chi connectivity index (χ3v) is 4.98. The molecule has 0 saturated carbocycles. The van der Waals surface area contributed by atoms with Gasteiger partial charge in [-0.15, -0.1) is 0 Å². The molecule has 1 heterocycles. The number of hydrogen-bond donors (Lipinski definition) is 0. The van der Waals surface area contributed by atoms with Crippen LogP contribution in [0.4, 0.5) is 13.2 Å². The maximum atomic E-state index is 12.7. The molecule has 0 saturated heterocycles. The summed E-state index contributed by atoms with van der Waals surface area (Å²) in [5.41, 5.74) is 1.31. The molecule has 2 aromatic rings. The maximum absolute atomic E-state index is 12.7. The van der Waals surface area contributed by atoms with Gasteiger partial charge in [-0.05, 0) is 69.4 Å². The number of alkyl halides is 3. The van der Waals surface area contributed by atoms with E-state index >= 15 is 0 Å². The predicted molar refractivity (Wildman–Crippen MR) is 105 cm³/mol. The van der Waals surface area contributed by atoms with Gasteiger partial charge in [0.1, 0.15) is 11.5 Å². The Kier molecular flexibility index (Phi) is 6.47. The Morgan fingerprint density at radius 1 is 1.14 bits per heavy atom. The van der Waals surface area contributed by atoms with Crippen LogP contribution in [-0.4, -0.2) is 42.9 Å². The molecule has 4 nitrogen and oxygen atoms in total. The van der Waals surface area contributed by atoms with Crippen LogP contribution in [-0.2, 0) is 23.9 Å². The maximum Gasteiger partial charge on any atom is 0.416 e. The second kappa shape index (κ2) is 8.86. The van der Waals surface area contributed by atoms with Crippen LogP contribution in [0.1, 0.15) is 29.5 Å². The quantitative estimate of drug-likeness (QED) is 0.696. The molecule has 0 spiro atoms. The van der Waals surface area contributed by atoms with Gasteiger partial charge in [-0.2, -0.15) is 13.2 Å². The lowest BCUT2D eigenvalue weighted by Gasteiger charge is -2.30. The fourth-order valence-corrected chi connectivity index (χ4v) is 3.43. The highest BCUT2D eigenvalue weighted by molar-refractivity contribution is 5.76. The van der Waals surface area contributed by atoms with Crippen molar-refractivity contribution >= 4 is 5.91 Å². The third-order valence-electron chi connectivity index (χ3n) is 4.98. The summed E-state index contributed by atoms with van der Waals surface area (Å²) in [6.45, 7) is 2.02. The average molecular weight is 406 g/mol. The first-order valence-corrected chi connectivity index (χ1v) is 9.62. The van der Waals surface area contributed by atoms with E-state index in [9.17, 15) is 18.0 Å². The Bertz CT molecular complexity index is 848. The summed E-state index contributed by atoms with van der Waals surface area (Å²) >= 11 is 0. The van der Waals surface area contributed by atoms with E-state index in [1.165, 1.54) is 12.1 Å². The number of nitrogens with zero attached hydrogens (tertiary/aromatic N) is 2. The molecule has 0 bridgehead atoms. The minimum absolute atomic E-state index is 0.145. The summed E-state index contributed by atoms with van der Waals surface area (Å²) in [4.78, 5) is 16.4. The lowest BCUT2D eigenvalue weighted by atomic mass is 9.98. The molecule has 1 amide bonds. The Morgan fingerprint density at radius 2 is 1.86 bits per heavy atom. The van der Waals surface area contributed by atoms with Gasteiger partial charge < -0.3 is 14.5 Å². The summed E-state index contributed by atoms with van der Waals surface area (Å²) in [5.74, 6) is 1.13. The van der Waals surface area contributed by atoms with Crippen LogP contribution in [0.5, 0.6) is 11.5 Å². The summed E-state index contributed by atoms with van der Waals surface area (Å²) in [6, 6.07) is 10.3. The first-order chi connectivity index (χ1) is 13.7. The van der Waals surface area contributed by atoms with Gasteiger partial charge in [-0.25, -0.2) is 0 Å².